The summed E-state index contributed by atoms with van der Waals surface area (Å²) in [6.45, 7) is 5.88. The first-order valence-electron chi connectivity index (χ1n) is 12.4. The van der Waals surface area contributed by atoms with Crippen LogP contribution >= 0.6 is 11.6 Å². The molecule has 1 amide bonds. The van der Waals surface area contributed by atoms with E-state index in [4.69, 9.17) is 21.0 Å². The van der Waals surface area contributed by atoms with Crippen molar-refractivity contribution >= 4 is 17.5 Å². The van der Waals surface area contributed by atoms with Crippen LogP contribution in [0, 0.1) is 12.3 Å². The molecule has 2 heterocycles. The van der Waals surface area contributed by atoms with E-state index in [2.05, 4.69) is 46.8 Å². The molecule has 7 heteroatoms. The van der Waals surface area contributed by atoms with Crippen molar-refractivity contribution in [3.8, 4) is 11.5 Å². The van der Waals surface area contributed by atoms with Crippen LogP contribution in [-0.2, 0) is 17.6 Å². The van der Waals surface area contributed by atoms with Crippen molar-refractivity contribution in [3.05, 3.63) is 76.6 Å². The number of oxazole rings is 1. The maximum atomic E-state index is 13.5. The Morgan fingerprint density at radius 2 is 2.03 bits per heavy atom. The molecule has 186 valence electrons. The molecule has 0 saturated carbocycles. The molecular formula is C28H35ClN4O2. The molecule has 1 fully saturated rings. The van der Waals surface area contributed by atoms with E-state index in [-0.39, 0.29) is 5.91 Å². The second-order valence-electron chi connectivity index (χ2n) is 9.56. The summed E-state index contributed by atoms with van der Waals surface area (Å²) in [6.07, 6.45) is 3.34. The number of rotatable bonds is 10. The lowest BCUT2D eigenvalue weighted by atomic mass is 9.75. The lowest BCUT2D eigenvalue weighted by Gasteiger charge is -2.36. The molecule has 35 heavy (non-hydrogen) atoms. The number of nitrogens with one attached hydrogen (secondary N) is 2. The van der Waals surface area contributed by atoms with Gasteiger partial charge in [-0.05, 0) is 63.5 Å². The summed E-state index contributed by atoms with van der Waals surface area (Å²) in [6, 6.07) is 18.0. The third kappa shape index (κ3) is 6.72. The summed E-state index contributed by atoms with van der Waals surface area (Å²) in [5.41, 5.74) is 2.47. The molecule has 6 nitrogen and oxygen atoms in total. The van der Waals surface area contributed by atoms with Gasteiger partial charge in [0.05, 0.1) is 11.1 Å². The number of halogens is 1. The van der Waals surface area contributed by atoms with E-state index < -0.39 is 5.41 Å². The van der Waals surface area contributed by atoms with E-state index in [1.807, 2.05) is 37.3 Å². The lowest BCUT2D eigenvalue weighted by molar-refractivity contribution is -0.132. The van der Waals surface area contributed by atoms with Gasteiger partial charge >= 0.3 is 0 Å². The number of hydrogen-bond donors (Lipinski definition) is 2. The van der Waals surface area contributed by atoms with E-state index in [9.17, 15) is 4.79 Å². The molecule has 1 aliphatic heterocycles. The van der Waals surface area contributed by atoms with Crippen molar-refractivity contribution < 1.29 is 9.21 Å². The monoisotopic (exact) mass is 494 g/mol. The van der Waals surface area contributed by atoms with E-state index in [0.29, 0.717) is 30.4 Å². The van der Waals surface area contributed by atoms with Crippen molar-refractivity contribution in [1.29, 1.82) is 0 Å². The zero-order valence-electron chi connectivity index (χ0n) is 20.6. The zero-order chi connectivity index (χ0) is 24.7. The Morgan fingerprint density at radius 3 is 2.77 bits per heavy atom. The summed E-state index contributed by atoms with van der Waals surface area (Å²) in [5, 5.41) is 7.28. The molecule has 1 aromatic heterocycles. The number of aryl methyl sites for hydroxylation is 1. The smallest absolute Gasteiger partial charge is 0.227 e. The highest BCUT2D eigenvalue weighted by atomic mass is 35.5. The Morgan fingerprint density at radius 1 is 1.20 bits per heavy atom. The van der Waals surface area contributed by atoms with Gasteiger partial charge < -0.3 is 20.0 Å². The van der Waals surface area contributed by atoms with E-state index in [0.717, 1.165) is 55.9 Å². The first-order chi connectivity index (χ1) is 16.9. The van der Waals surface area contributed by atoms with Gasteiger partial charge in [-0.2, -0.15) is 0 Å². The Balaban J connectivity index is 1.37. The third-order valence-electron chi connectivity index (χ3n) is 6.83. The predicted molar refractivity (Wildman–Crippen MR) is 141 cm³/mol. The summed E-state index contributed by atoms with van der Waals surface area (Å²) < 4.78 is 5.97. The summed E-state index contributed by atoms with van der Waals surface area (Å²) >= 11 is 6.15. The van der Waals surface area contributed by atoms with Gasteiger partial charge in [0, 0.05) is 43.2 Å². The standard InChI is InChI=1S/C28H35ClN4O2/c1-21-25(32-26(35-21)23-10-6-11-24(29)18-23)19-28(13-7-14-30-20-28)27(34)31-15-17-33(2)16-12-22-8-4-3-5-9-22/h3-6,8-11,18,30H,7,12-17,19-20H2,1-2H3,(H,31,34). The number of hydrogen-bond acceptors (Lipinski definition) is 5. The minimum absolute atomic E-state index is 0.0906. The van der Waals surface area contributed by atoms with Crippen LogP contribution < -0.4 is 10.6 Å². The molecule has 1 aliphatic rings. The molecular weight excluding hydrogens is 460 g/mol. The molecule has 2 N–H and O–H groups in total. The molecule has 0 aliphatic carbocycles. The highest BCUT2D eigenvalue weighted by Gasteiger charge is 2.41. The van der Waals surface area contributed by atoms with Gasteiger partial charge in [-0.1, -0.05) is 48.0 Å². The van der Waals surface area contributed by atoms with E-state index >= 15 is 0 Å². The molecule has 0 spiro atoms. The van der Waals surface area contributed by atoms with Crippen LogP contribution in [0.25, 0.3) is 11.5 Å². The van der Waals surface area contributed by atoms with Gasteiger partial charge in [0.1, 0.15) is 5.76 Å². The average Bonchev–Trinajstić information content (AvgIpc) is 3.23. The van der Waals surface area contributed by atoms with Crippen molar-refractivity contribution in [3.63, 3.8) is 0 Å². The lowest BCUT2D eigenvalue weighted by Crippen LogP contribution is -2.52. The molecule has 2 aromatic carbocycles. The molecule has 0 radical (unpaired) electrons. The highest BCUT2D eigenvalue weighted by Crippen LogP contribution is 2.33. The molecule has 3 aromatic rings. The number of likely N-dealkylation sites (N-methyl/N-ethyl adjacent to an activating group) is 1. The van der Waals surface area contributed by atoms with Crippen LogP contribution in [0.4, 0.5) is 0 Å². The number of benzene rings is 2. The van der Waals surface area contributed by atoms with Crippen LogP contribution in [0.2, 0.25) is 5.02 Å². The van der Waals surface area contributed by atoms with Gasteiger partial charge in [-0.3, -0.25) is 4.79 Å². The molecule has 0 bridgehead atoms. The van der Waals surface area contributed by atoms with Crippen molar-refractivity contribution in [2.75, 3.05) is 39.8 Å². The average molecular weight is 495 g/mol. The number of piperidine rings is 1. The summed E-state index contributed by atoms with van der Waals surface area (Å²) in [7, 11) is 2.10. The number of carbonyl (C=O) groups is 1. The normalized spacial score (nSPS) is 18.1. The van der Waals surface area contributed by atoms with Gasteiger partial charge in [-0.15, -0.1) is 0 Å². The van der Waals surface area contributed by atoms with Crippen molar-refractivity contribution in [1.82, 2.24) is 20.5 Å². The molecule has 4 rings (SSSR count). The first-order valence-corrected chi connectivity index (χ1v) is 12.8. The van der Waals surface area contributed by atoms with Crippen LogP contribution in [0.15, 0.2) is 59.0 Å². The maximum absolute atomic E-state index is 13.5. The number of carbonyl (C=O) groups excluding carboxylic acids is 1. The zero-order valence-corrected chi connectivity index (χ0v) is 21.4. The molecule has 1 atom stereocenters. The molecule has 1 unspecified atom stereocenters. The second kappa shape index (κ2) is 11.8. The van der Waals surface area contributed by atoms with Gasteiger partial charge in [0.25, 0.3) is 0 Å². The summed E-state index contributed by atoms with van der Waals surface area (Å²) in [4.78, 5) is 20.5. The first kappa shape index (κ1) is 25.4. The van der Waals surface area contributed by atoms with Gasteiger partial charge in [0.15, 0.2) is 0 Å². The van der Waals surface area contributed by atoms with E-state index in [1.165, 1.54) is 5.56 Å². The Bertz CT molecular complexity index is 1110. The van der Waals surface area contributed by atoms with Crippen LogP contribution in [0.5, 0.6) is 0 Å². The maximum Gasteiger partial charge on any atom is 0.227 e. The minimum atomic E-state index is -0.534. The van der Waals surface area contributed by atoms with E-state index in [1.54, 1.807) is 0 Å². The Kier molecular flexibility index (Phi) is 8.60. The Hall–Kier alpha value is -2.67. The second-order valence-corrected chi connectivity index (χ2v) is 10.0. The quantitative estimate of drug-likeness (QED) is 0.434. The number of nitrogens with zero attached hydrogens (tertiary/aromatic N) is 2. The fourth-order valence-electron chi connectivity index (χ4n) is 4.67. The summed E-state index contributed by atoms with van der Waals surface area (Å²) in [5.74, 6) is 1.38. The fourth-order valence-corrected chi connectivity index (χ4v) is 4.86. The fraction of sp³-hybridized carbons (Fsp3) is 0.429. The van der Waals surface area contributed by atoms with Crippen molar-refractivity contribution in [2.45, 2.75) is 32.6 Å². The Labute approximate surface area is 213 Å². The molecule has 1 saturated heterocycles. The SMILES string of the molecule is Cc1oc(-c2cccc(Cl)c2)nc1CC1(C(=O)NCCN(C)CCc2ccccc2)CCCNC1. The van der Waals surface area contributed by atoms with Gasteiger partial charge in [0.2, 0.25) is 11.8 Å². The van der Waals surface area contributed by atoms with Crippen LogP contribution in [0.3, 0.4) is 0 Å². The highest BCUT2D eigenvalue weighted by molar-refractivity contribution is 6.30. The van der Waals surface area contributed by atoms with Crippen molar-refractivity contribution in [2.24, 2.45) is 5.41 Å². The number of amides is 1. The van der Waals surface area contributed by atoms with Gasteiger partial charge in [-0.25, -0.2) is 4.98 Å². The number of aromatic nitrogens is 1. The van der Waals surface area contributed by atoms with Crippen LogP contribution in [0.1, 0.15) is 29.9 Å². The largest absolute Gasteiger partial charge is 0.441 e. The third-order valence-corrected chi connectivity index (χ3v) is 7.06. The predicted octanol–water partition coefficient (Wildman–Crippen LogP) is 4.51. The topological polar surface area (TPSA) is 70.4 Å². The minimum Gasteiger partial charge on any atom is -0.441 e. The van der Waals surface area contributed by atoms with Crippen LogP contribution in [-0.4, -0.2) is 55.6 Å².